The number of nitrogens with zero attached hydrogens (tertiary/aromatic N) is 1. The summed E-state index contributed by atoms with van der Waals surface area (Å²) in [6.45, 7) is 6.81. The van der Waals surface area contributed by atoms with Crippen molar-refractivity contribution in [3.8, 4) is 0 Å². The van der Waals surface area contributed by atoms with Crippen molar-refractivity contribution < 1.29 is 23.9 Å². The summed E-state index contributed by atoms with van der Waals surface area (Å²) >= 11 is 0. The Kier molecular flexibility index (Phi) is 7.54. The summed E-state index contributed by atoms with van der Waals surface area (Å²) in [5.41, 5.74) is 4.39. The molecule has 142 valence electrons. The van der Waals surface area contributed by atoms with Crippen LogP contribution in [0.4, 0.5) is 0 Å². The van der Waals surface area contributed by atoms with E-state index in [4.69, 9.17) is 10.5 Å². The quantitative estimate of drug-likeness (QED) is 0.598. The van der Waals surface area contributed by atoms with Gasteiger partial charge in [-0.3, -0.25) is 19.2 Å². The van der Waals surface area contributed by atoms with E-state index in [1.165, 1.54) is 11.8 Å². The lowest BCUT2D eigenvalue weighted by molar-refractivity contribution is -0.148. The summed E-state index contributed by atoms with van der Waals surface area (Å²) < 4.78 is 5.04. The van der Waals surface area contributed by atoms with Gasteiger partial charge in [0.1, 0.15) is 5.54 Å². The second kappa shape index (κ2) is 8.94. The normalized spacial score (nSPS) is 21.1. The number of amides is 2. The molecule has 1 aliphatic heterocycles. The van der Waals surface area contributed by atoms with Crippen molar-refractivity contribution in [1.29, 1.82) is 0 Å². The van der Waals surface area contributed by atoms with Crippen molar-refractivity contribution in [1.82, 2.24) is 10.2 Å². The maximum atomic E-state index is 12.7. The van der Waals surface area contributed by atoms with Crippen LogP contribution in [0.5, 0.6) is 0 Å². The molecule has 1 fully saturated rings. The minimum Gasteiger partial charge on any atom is -0.463 e. The van der Waals surface area contributed by atoms with Crippen molar-refractivity contribution in [3.05, 3.63) is 0 Å². The van der Waals surface area contributed by atoms with Gasteiger partial charge in [-0.2, -0.15) is 0 Å². The number of ketones is 1. The van der Waals surface area contributed by atoms with Crippen LogP contribution < -0.4 is 11.1 Å². The summed E-state index contributed by atoms with van der Waals surface area (Å²) in [5.74, 6) is -1.36. The number of rotatable bonds is 8. The van der Waals surface area contributed by atoms with Gasteiger partial charge >= 0.3 is 5.97 Å². The summed E-state index contributed by atoms with van der Waals surface area (Å²) in [6.07, 6.45) is 1.16. The van der Waals surface area contributed by atoms with Crippen LogP contribution in [0.3, 0.4) is 0 Å². The van der Waals surface area contributed by atoms with Crippen LogP contribution in [0.1, 0.15) is 53.4 Å². The van der Waals surface area contributed by atoms with Crippen molar-refractivity contribution >= 4 is 23.6 Å². The van der Waals surface area contributed by atoms with Gasteiger partial charge in [-0.1, -0.05) is 0 Å². The molecule has 3 N–H and O–H groups in total. The Labute approximate surface area is 148 Å². The Morgan fingerprint density at radius 2 is 1.92 bits per heavy atom. The molecule has 1 rings (SSSR count). The van der Waals surface area contributed by atoms with E-state index in [1.54, 1.807) is 20.8 Å². The predicted octanol–water partition coefficient (Wildman–Crippen LogP) is 0.132. The average Bonchev–Trinajstić information content (AvgIpc) is 2.92. The summed E-state index contributed by atoms with van der Waals surface area (Å²) in [4.78, 5) is 49.6. The van der Waals surface area contributed by atoms with E-state index in [0.717, 1.165) is 0 Å². The van der Waals surface area contributed by atoms with Crippen LogP contribution >= 0.6 is 0 Å². The van der Waals surface area contributed by atoms with Crippen molar-refractivity contribution in [2.24, 2.45) is 5.73 Å². The fourth-order valence-corrected chi connectivity index (χ4v) is 2.98. The molecule has 0 aromatic carbocycles. The Hall–Kier alpha value is -1.96. The van der Waals surface area contributed by atoms with Gasteiger partial charge in [0.15, 0.2) is 5.78 Å². The number of nitrogens with one attached hydrogen (secondary N) is 1. The van der Waals surface area contributed by atoms with Gasteiger partial charge in [0.2, 0.25) is 11.8 Å². The number of Topliss-reactive ketones (excluding diaryl/α,β-unsaturated/α-hetero) is 1. The molecule has 0 bridgehead atoms. The molecule has 0 saturated carbocycles. The standard InChI is InChI=1S/C17H29N3O5/c1-11(2)25-15(23)7-6-13(12(3)21)19-16(24)17(4)8-5-9-20(17)14(22)10-18/h11,13H,5-10,18H2,1-4H3,(H,19,24). The number of esters is 1. The van der Waals surface area contributed by atoms with E-state index in [9.17, 15) is 19.2 Å². The van der Waals surface area contributed by atoms with E-state index in [0.29, 0.717) is 19.4 Å². The molecule has 2 amide bonds. The number of likely N-dealkylation sites (tertiary alicyclic amines) is 1. The molecule has 0 aromatic rings. The smallest absolute Gasteiger partial charge is 0.306 e. The van der Waals surface area contributed by atoms with Crippen molar-refractivity contribution in [2.45, 2.75) is 71.1 Å². The van der Waals surface area contributed by atoms with E-state index in [2.05, 4.69) is 5.32 Å². The van der Waals surface area contributed by atoms with Gasteiger partial charge in [-0.05, 0) is 47.0 Å². The zero-order valence-corrected chi connectivity index (χ0v) is 15.5. The van der Waals surface area contributed by atoms with Crippen LogP contribution in [0.2, 0.25) is 0 Å². The van der Waals surface area contributed by atoms with E-state index in [-0.39, 0.29) is 37.2 Å². The highest BCUT2D eigenvalue weighted by Crippen LogP contribution is 2.29. The van der Waals surface area contributed by atoms with E-state index < -0.39 is 23.5 Å². The Morgan fingerprint density at radius 3 is 2.44 bits per heavy atom. The number of carbonyl (C=O) groups excluding carboxylic acids is 4. The topological polar surface area (TPSA) is 119 Å². The maximum absolute atomic E-state index is 12.7. The van der Waals surface area contributed by atoms with E-state index >= 15 is 0 Å². The average molecular weight is 355 g/mol. The van der Waals surface area contributed by atoms with Gasteiger partial charge in [-0.15, -0.1) is 0 Å². The third-order valence-electron chi connectivity index (χ3n) is 4.41. The lowest BCUT2D eigenvalue weighted by Gasteiger charge is -2.34. The molecule has 1 heterocycles. The van der Waals surface area contributed by atoms with Crippen LogP contribution in [0, 0.1) is 0 Å². The lowest BCUT2D eigenvalue weighted by atomic mass is 9.96. The molecule has 2 unspecified atom stereocenters. The maximum Gasteiger partial charge on any atom is 0.306 e. The molecule has 1 aliphatic rings. The van der Waals surface area contributed by atoms with Gasteiger partial charge < -0.3 is 20.7 Å². The highest BCUT2D eigenvalue weighted by atomic mass is 16.5. The Morgan fingerprint density at radius 1 is 1.28 bits per heavy atom. The molecule has 1 saturated heterocycles. The number of ether oxygens (including phenoxy) is 1. The number of hydrogen-bond acceptors (Lipinski definition) is 6. The lowest BCUT2D eigenvalue weighted by Crippen LogP contribution is -2.59. The fraction of sp³-hybridized carbons (Fsp3) is 0.765. The molecule has 0 aliphatic carbocycles. The Bertz CT molecular complexity index is 534. The molecule has 0 radical (unpaired) electrons. The molecule has 8 heteroatoms. The van der Waals surface area contributed by atoms with Crippen LogP contribution in [0.25, 0.3) is 0 Å². The molecule has 0 aromatic heterocycles. The van der Waals surface area contributed by atoms with Gasteiger partial charge in [0.25, 0.3) is 0 Å². The highest BCUT2D eigenvalue weighted by Gasteiger charge is 2.45. The molecule has 2 atom stereocenters. The molecular formula is C17H29N3O5. The molecule has 25 heavy (non-hydrogen) atoms. The monoisotopic (exact) mass is 355 g/mol. The molecule has 0 spiro atoms. The second-order valence-corrected chi connectivity index (χ2v) is 6.84. The first-order chi connectivity index (χ1) is 11.6. The third kappa shape index (κ3) is 5.52. The second-order valence-electron chi connectivity index (χ2n) is 6.84. The van der Waals surface area contributed by atoms with Crippen LogP contribution in [-0.2, 0) is 23.9 Å². The first-order valence-corrected chi connectivity index (χ1v) is 8.63. The zero-order valence-electron chi connectivity index (χ0n) is 15.5. The first kappa shape index (κ1) is 21.1. The fourth-order valence-electron chi connectivity index (χ4n) is 2.98. The number of carbonyl (C=O) groups is 4. The van der Waals surface area contributed by atoms with Crippen LogP contribution in [0.15, 0.2) is 0 Å². The minimum absolute atomic E-state index is 0.0326. The Balaban J connectivity index is 2.74. The SMILES string of the molecule is CC(=O)C(CCC(=O)OC(C)C)NC(=O)C1(C)CCCN1C(=O)CN. The molecule has 8 nitrogen and oxygen atoms in total. The van der Waals surface area contributed by atoms with Crippen molar-refractivity contribution in [2.75, 3.05) is 13.1 Å². The van der Waals surface area contributed by atoms with Gasteiger partial charge in [0, 0.05) is 13.0 Å². The van der Waals surface area contributed by atoms with Crippen molar-refractivity contribution in [3.63, 3.8) is 0 Å². The van der Waals surface area contributed by atoms with E-state index in [1.807, 2.05) is 0 Å². The zero-order chi connectivity index (χ0) is 19.2. The van der Waals surface area contributed by atoms with Gasteiger partial charge in [0.05, 0.1) is 18.7 Å². The van der Waals surface area contributed by atoms with Gasteiger partial charge in [-0.25, -0.2) is 0 Å². The summed E-state index contributed by atoms with van der Waals surface area (Å²) in [5, 5.41) is 2.69. The summed E-state index contributed by atoms with van der Waals surface area (Å²) in [7, 11) is 0. The third-order valence-corrected chi connectivity index (χ3v) is 4.41. The van der Waals surface area contributed by atoms with Crippen LogP contribution in [-0.4, -0.2) is 59.2 Å². The number of hydrogen-bond donors (Lipinski definition) is 2. The molecular weight excluding hydrogens is 326 g/mol. The first-order valence-electron chi connectivity index (χ1n) is 8.63. The largest absolute Gasteiger partial charge is 0.463 e. The predicted molar refractivity (Wildman–Crippen MR) is 91.5 cm³/mol. The number of nitrogens with two attached hydrogens (primary N) is 1. The summed E-state index contributed by atoms with van der Waals surface area (Å²) in [6, 6.07) is -0.792. The minimum atomic E-state index is -1.03. The highest BCUT2D eigenvalue weighted by molar-refractivity contribution is 5.95.